The summed E-state index contributed by atoms with van der Waals surface area (Å²) in [7, 11) is 3.09. The molecule has 1 N–H and O–H groups in total. The van der Waals surface area contributed by atoms with E-state index in [1.165, 1.54) is 30.2 Å². The zero-order valence-electron chi connectivity index (χ0n) is 18.0. The maximum absolute atomic E-state index is 13.3. The normalized spacial score (nSPS) is 10.8. The molecule has 3 heterocycles. The molecule has 7 nitrogen and oxygen atoms in total. The Bertz CT molecular complexity index is 1360. The highest BCUT2D eigenvalue weighted by molar-refractivity contribution is 7.99. The molecule has 0 aliphatic carbocycles. The van der Waals surface area contributed by atoms with Crippen LogP contribution in [0.2, 0.25) is 0 Å². The van der Waals surface area contributed by atoms with Gasteiger partial charge in [-0.05, 0) is 23.6 Å². The first kappa shape index (κ1) is 23.1. The standard InChI is InChI=1S/C23H21N3O4S3/c1-4-9-26-22(28)20-15(18-6-5-10-31-18)12-32-21(20)25-23(26)33-13-19(27)24-16-8-7-14(29-2)11-17(16)30-3/h4-8,10-12H,1,9,13H2,2-3H3,(H,24,27). The van der Waals surface area contributed by atoms with E-state index >= 15 is 0 Å². The molecule has 0 aliphatic rings. The number of amides is 1. The van der Waals surface area contributed by atoms with Crippen molar-refractivity contribution in [3.8, 4) is 21.9 Å². The second-order valence-electron chi connectivity index (χ2n) is 6.81. The number of allylic oxidation sites excluding steroid dienone is 1. The van der Waals surface area contributed by atoms with Gasteiger partial charge < -0.3 is 14.8 Å². The lowest BCUT2D eigenvalue weighted by Crippen LogP contribution is -2.23. The number of aromatic nitrogens is 2. The molecule has 4 aromatic rings. The maximum Gasteiger partial charge on any atom is 0.263 e. The molecule has 1 amide bonds. The largest absolute Gasteiger partial charge is 0.497 e. The number of hydrogen-bond donors (Lipinski definition) is 1. The predicted molar refractivity (Wildman–Crippen MR) is 136 cm³/mol. The van der Waals surface area contributed by atoms with Crippen molar-refractivity contribution in [3.05, 3.63) is 64.1 Å². The average molecular weight is 500 g/mol. The summed E-state index contributed by atoms with van der Waals surface area (Å²) in [5.41, 5.74) is 1.29. The number of benzene rings is 1. The van der Waals surface area contributed by atoms with E-state index in [-0.39, 0.29) is 17.2 Å². The SMILES string of the molecule is C=CCn1c(SCC(=O)Nc2ccc(OC)cc2OC)nc2scc(-c3cccs3)c2c1=O. The first-order valence-electron chi connectivity index (χ1n) is 9.87. The van der Waals surface area contributed by atoms with Crippen LogP contribution in [0.5, 0.6) is 11.5 Å². The summed E-state index contributed by atoms with van der Waals surface area (Å²) in [4.78, 5) is 32.4. The highest BCUT2D eigenvalue weighted by Gasteiger charge is 2.18. The number of thioether (sulfide) groups is 1. The molecule has 0 unspecified atom stereocenters. The van der Waals surface area contributed by atoms with Gasteiger partial charge >= 0.3 is 0 Å². The van der Waals surface area contributed by atoms with Crippen molar-refractivity contribution in [2.24, 2.45) is 0 Å². The van der Waals surface area contributed by atoms with Gasteiger partial charge in [0.15, 0.2) is 5.16 Å². The Morgan fingerprint density at radius 2 is 2.12 bits per heavy atom. The van der Waals surface area contributed by atoms with Crippen molar-refractivity contribution < 1.29 is 14.3 Å². The van der Waals surface area contributed by atoms with Crippen LogP contribution in [-0.2, 0) is 11.3 Å². The lowest BCUT2D eigenvalue weighted by molar-refractivity contribution is -0.113. The van der Waals surface area contributed by atoms with Crippen molar-refractivity contribution in [3.63, 3.8) is 0 Å². The van der Waals surface area contributed by atoms with Crippen LogP contribution in [0.4, 0.5) is 5.69 Å². The Morgan fingerprint density at radius 1 is 1.27 bits per heavy atom. The molecular weight excluding hydrogens is 478 g/mol. The van der Waals surface area contributed by atoms with Gasteiger partial charge in [-0.1, -0.05) is 23.9 Å². The van der Waals surface area contributed by atoms with E-state index in [2.05, 4.69) is 11.9 Å². The van der Waals surface area contributed by atoms with Crippen LogP contribution in [0.1, 0.15) is 0 Å². The van der Waals surface area contributed by atoms with Gasteiger partial charge in [-0.3, -0.25) is 14.2 Å². The molecule has 3 aromatic heterocycles. The molecule has 4 rings (SSSR count). The molecule has 0 radical (unpaired) electrons. The van der Waals surface area contributed by atoms with Crippen LogP contribution < -0.4 is 20.3 Å². The minimum Gasteiger partial charge on any atom is -0.497 e. The fourth-order valence-electron chi connectivity index (χ4n) is 3.24. The first-order valence-corrected chi connectivity index (χ1v) is 12.6. The minimum absolute atomic E-state index is 0.0768. The molecule has 170 valence electrons. The van der Waals surface area contributed by atoms with E-state index in [1.807, 2.05) is 22.9 Å². The third-order valence-electron chi connectivity index (χ3n) is 4.77. The van der Waals surface area contributed by atoms with Crippen LogP contribution in [0.15, 0.2) is 63.7 Å². The Morgan fingerprint density at radius 3 is 2.82 bits per heavy atom. The van der Waals surface area contributed by atoms with E-state index in [9.17, 15) is 9.59 Å². The topological polar surface area (TPSA) is 82.5 Å². The number of thiophene rings is 2. The van der Waals surface area contributed by atoms with Crippen LogP contribution in [-0.4, -0.2) is 35.4 Å². The van der Waals surface area contributed by atoms with Crippen LogP contribution >= 0.6 is 34.4 Å². The van der Waals surface area contributed by atoms with Crippen molar-refractivity contribution in [2.45, 2.75) is 11.7 Å². The molecule has 10 heteroatoms. The van der Waals surface area contributed by atoms with Crippen molar-refractivity contribution in [2.75, 3.05) is 25.3 Å². The quantitative estimate of drug-likeness (QED) is 0.196. The Labute approximate surface area is 202 Å². The van der Waals surface area contributed by atoms with Gasteiger partial charge in [-0.15, -0.1) is 29.3 Å². The van der Waals surface area contributed by atoms with Crippen LogP contribution in [0.3, 0.4) is 0 Å². The van der Waals surface area contributed by atoms with E-state index in [1.54, 1.807) is 47.3 Å². The van der Waals surface area contributed by atoms with E-state index in [4.69, 9.17) is 14.5 Å². The number of hydrogen-bond acceptors (Lipinski definition) is 8. The number of rotatable bonds is 9. The van der Waals surface area contributed by atoms with Gasteiger partial charge in [0.2, 0.25) is 5.91 Å². The van der Waals surface area contributed by atoms with Crippen molar-refractivity contribution >= 4 is 56.2 Å². The number of carbonyl (C=O) groups is 1. The fraction of sp³-hybridized carbons (Fsp3) is 0.174. The monoisotopic (exact) mass is 499 g/mol. The second-order valence-corrected chi connectivity index (χ2v) is 9.56. The summed E-state index contributed by atoms with van der Waals surface area (Å²) in [6.07, 6.45) is 1.65. The molecule has 33 heavy (non-hydrogen) atoms. The first-order chi connectivity index (χ1) is 16.0. The zero-order chi connectivity index (χ0) is 23.4. The van der Waals surface area contributed by atoms with Gasteiger partial charge in [0, 0.05) is 28.4 Å². The van der Waals surface area contributed by atoms with Gasteiger partial charge in [0.05, 0.1) is 31.0 Å². The van der Waals surface area contributed by atoms with E-state index < -0.39 is 0 Å². The summed E-state index contributed by atoms with van der Waals surface area (Å²) in [5, 5.41) is 7.85. The summed E-state index contributed by atoms with van der Waals surface area (Å²) in [6.45, 7) is 4.07. The molecular formula is C23H21N3O4S3. The number of nitrogens with one attached hydrogen (secondary N) is 1. The lowest BCUT2D eigenvalue weighted by Gasteiger charge is -2.13. The summed E-state index contributed by atoms with van der Waals surface area (Å²) in [5.74, 6) is 0.958. The second kappa shape index (κ2) is 10.2. The van der Waals surface area contributed by atoms with Gasteiger partial charge in [0.1, 0.15) is 16.3 Å². The van der Waals surface area contributed by atoms with E-state index in [0.717, 1.165) is 10.4 Å². The summed E-state index contributed by atoms with van der Waals surface area (Å²) < 4.78 is 12.1. The number of fused-ring (bicyclic) bond motifs is 1. The fourth-order valence-corrected chi connectivity index (χ4v) is 5.85. The molecule has 1 aromatic carbocycles. The maximum atomic E-state index is 13.3. The number of anilines is 1. The zero-order valence-corrected chi connectivity index (χ0v) is 20.4. The number of carbonyl (C=O) groups excluding carboxylic acids is 1. The molecule has 0 aliphatic heterocycles. The summed E-state index contributed by atoms with van der Waals surface area (Å²) >= 11 is 4.22. The van der Waals surface area contributed by atoms with Gasteiger partial charge in [0.25, 0.3) is 5.56 Å². The minimum atomic E-state index is -0.242. The predicted octanol–water partition coefficient (Wildman–Crippen LogP) is 5.12. The molecule has 0 spiro atoms. The molecule has 0 saturated heterocycles. The van der Waals surface area contributed by atoms with Crippen molar-refractivity contribution in [1.82, 2.24) is 9.55 Å². The summed E-state index contributed by atoms with van der Waals surface area (Å²) in [6, 6.07) is 9.10. The third kappa shape index (κ3) is 4.82. The Balaban J connectivity index is 1.58. The molecule has 0 bridgehead atoms. The highest BCUT2D eigenvalue weighted by Crippen LogP contribution is 2.35. The van der Waals surface area contributed by atoms with E-state index in [0.29, 0.717) is 39.1 Å². The smallest absolute Gasteiger partial charge is 0.263 e. The van der Waals surface area contributed by atoms with Crippen molar-refractivity contribution in [1.29, 1.82) is 0 Å². The lowest BCUT2D eigenvalue weighted by atomic mass is 10.2. The number of nitrogens with zero attached hydrogens (tertiary/aromatic N) is 2. The Hall–Kier alpha value is -3.08. The highest BCUT2D eigenvalue weighted by atomic mass is 32.2. The van der Waals surface area contributed by atoms with Crippen LogP contribution in [0.25, 0.3) is 20.7 Å². The molecule has 0 fully saturated rings. The van der Waals surface area contributed by atoms with Gasteiger partial charge in [-0.2, -0.15) is 0 Å². The Kier molecular flexibility index (Phi) is 7.17. The van der Waals surface area contributed by atoms with Gasteiger partial charge in [-0.25, -0.2) is 4.98 Å². The number of methoxy groups -OCH3 is 2. The third-order valence-corrected chi connectivity index (χ3v) is 7.52. The van der Waals surface area contributed by atoms with Crippen LogP contribution in [0, 0.1) is 0 Å². The number of ether oxygens (including phenoxy) is 2. The molecule has 0 atom stereocenters. The average Bonchev–Trinajstić information content (AvgIpc) is 3.50. The molecule has 0 saturated carbocycles.